The minimum absolute atomic E-state index is 0.0251. The number of hydrazine groups is 1. The van der Waals surface area contributed by atoms with E-state index in [9.17, 15) is 19.2 Å². The van der Waals surface area contributed by atoms with Gasteiger partial charge in [-0.1, -0.05) is 66.3 Å². The van der Waals surface area contributed by atoms with Crippen molar-refractivity contribution >= 4 is 38.1 Å². The van der Waals surface area contributed by atoms with E-state index in [-0.39, 0.29) is 36.0 Å². The number of nitrogens with zero attached hydrogens (tertiary/aromatic N) is 2. The molecule has 1 aliphatic rings. The van der Waals surface area contributed by atoms with Crippen LogP contribution in [0.5, 0.6) is 5.75 Å². The van der Waals surface area contributed by atoms with Gasteiger partial charge in [0.25, 0.3) is 5.91 Å². The number of ether oxygens (including phenoxy) is 2. The number of allylic oxidation sites excluding steroid dienone is 1. The van der Waals surface area contributed by atoms with Crippen molar-refractivity contribution in [2.24, 2.45) is 11.8 Å². The van der Waals surface area contributed by atoms with E-state index >= 15 is 0 Å². The summed E-state index contributed by atoms with van der Waals surface area (Å²) in [5.41, 5.74) is 5.28. The van der Waals surface area contributed by atoms with Crippen molar-refractivity contribution in [3.05, 3.63) is 78.6 Å². The molecule has 3 rings (SSSR count). The van der Waals surface area contributed by atoms with Crippen molar-refractivity contribution in [3.63, 3.8) is 0 Å². The number of esters is 1. The van der Waals surface area contributed by atoms with Gasteiger partial charge in [-0.05, 0) is 91.2 Å². The summed E-state index contributed by atoms with van der Waals surface area (Å²) in [6.45, 7) is 24.1. The molecular formula is C42H63N5O7Si. The topological polar surface area (TPSA) is 148 Å². The molecule has 12 nitrogen and oxygen atoms in total. The average molecular weight is 778 g/mol. The van der Waals surface area contributed by atoms with Gasteiger partial charge in [0, 0.05) is 26.3 Å². The van der Waals surface area contributed by atoms with E-state index in [0.29, 0.717) is 43.7 Å². The van der Waals surface area contributed by atoms with Gasteiger partial charge in [0.1, 0.15) is 30.5 Å². The van der Waals surface area contributed by atoms with Gasteiger partial charge in [-0.15, -0.1) is 6.58 Å². The lowest BCUT2D eigenvalue weighted by Gasteiger charge is -2.36. The van der Waals surface area contributed by atoms with Crippen LogP contribution in [-0.4, -0.2) is 79.9 Å². The van der Waals surface area contributed by atoms with Crippen molar-refractivity contribution in [2.45, 2.75) is 123 Å². The second-order valence-corrected chi connectivity index (χ2v) is 20.9. The van der Waals surface area contributed by atoms with Crippen molar-refractivity contribution < 1.29 is 33.1 Å². The molecule has 0 saturated carbocycles. The third-order valence-corrected chi connectivity index (χ3v) is 14.8. The highest BCUT2D eigenvalue weighted by molar-refractivity contribution is 6.74. The Morgan fingerprint density at radius 3 is 2.42 bits per heavy atom. The van der Waals surface area contributed by atoms with E-state index < -0.39 is 50.1 Å². The molecule has 0 aliphatic carbocycles. The number of hydrogen-bond acceptors (Lipinski definition) is 9. The quantitative estimate of drug-likeness (QED) is 0.0871. The molecule has 302 valence electrons. The number of amides is 3. The minimum Gasteiger partial charge on any atom is -0.543 e. The lowest BCUT2D eigenvalue weighted by Crippen LogP contribution is -2.62. The van der Waals surface area contributed by atoms with Gasteiger partial charge in [-0.3, -0.25) is 29.2 Å². The molecule has 1 aromatic carbocycles. The van der Waals surface area contributed by atoms with Crippen LogP contribution in [0.15, 0.2) is 61.8 Å². The smallest absolute Gasteiger partial charge is 0.325 e. The molecular weight excluding hydrogens is 715 g/mol. The third kappa shape index (κ3) is 13.1. The highest BCUT2D eigenvalue weighted by Gasteiger charge is 2.39. The van der Waals surface area contributed by atoms with Crippen LogP contribution in [-0.2, 0) is 41.7 Å². The fourth-order valence-electron chi connectivity index (χ4n) is 5.98. The molecule has 3 N–H and O–H groups in total. The molecule has 0 spiro atoms. The molecule has 2 heterocycles. The predicted molar refractivity (Wildman–Crippen MR) is 218 cm³/mol. The van der Waals surface area contributed by atoms with Crippen molar-refractivity contribution in [1.82, 2.24) is 26.1 Å². The number of carbonyl (C=O) groups is 4. The summed E-state index contributed by atoms with van der Waals surface area (Å²) in [4.78, 5) is 59.3. The summed E-state index contributed by atoms with van der Waals surface area (Å²) in [6, 6.07) is 8.39. The zero-order valence-electron chi connectivity index (χ0n) is 34.3. The first-order valence-electron chi connectivity index (χ1n) is 19.2. The number of aromatic nitrogens is 1. The first-order valence-corrected chi connectivity index (χ1v) is 22.2. The SMILES string of the molecule is C=CCC[C@@H](OC)[C@@H](C)C(=O)N[C@H](C(=O)N[C@@H](Cc1cccc(O[Si](C)(C)C(C)(C)C)c1)C(=O)N1CCC[C@@H](C(=O)OCc2ccnc(C=C)c2)N1)C(C)C. The molecule has 1 saturated heterocycles. The number of rotatable bonds is 19. The molecule has 3 amide bonds. The Bertz CT molecular complexity index is 1640. The lowest BCUT2D eigenvalue weighted by molar-refractivity contribution is -0.154. The van der Waals surface area contributed by atoms with Crippen LogP contribution < -0.4 is 20.5 Å². The van der Waals surface area contributed by atoms with E-state index in [1.807, 2.05) is 38.1 Å². The standard InChI is InChI=1S/C42H63N5O7Si/c1-12-14-20-36(52-9)29(5)38(48)45-37(28(3)4)39(49)44-35(26-30-17-15-18-33(25-30)54-55(10,11)42(6,7)8)40(50)47-23-16-19-34(46-47)41(51)53-27-31-21-22-43-32(13-2)24-31/h12-13,15,17-18,21-22,24-25,28-29,34-37,46H,1-2,14,16,19-20,23,26-27H2,3-11H3,(H,44,49)(H,45,48)/t29-,34+,35+,36-,37+/m1/s1. The molecule has 2 aromatic rings. The van der Waals surface area contributed by atoms with Gasteiger partial charge >= 0.3 is 5.97 Å². The van der Waals surface area contributed by atoms with E-state index in [4.69, 9.17) is 13.9 Å². The van der Waals surface area contributed by atoms with Crippen molar-refractivity contribution in [1.29, 1.82) is 0 Å². The maximum absolute atomic E-state index is 14.4. The Balaban J connectivity index is 1.86. The second-order valence-electron chi connectivity index (χ2n) is 16.1. The van der Waals surface area contributed by atoms with E-state index in [0.717, 1.165) is 11.1 Å². The summed E-state index contributed by atoms with van der Waals surface area (Å²) >= 11 is 0. The van der Waals surface area contributed by atoms with Crippen LogP contribution in [0.3, 0.4) is 0 Å². The van der Waals surface area contributed by atoms with Crippen molar-refractivity contribution in [3.8, 4) is 5.75 Å². The Labute approximate surface area is 329 Å². The fourth-order valence-corrected chi connectivity index (χ4v) is 7.00. The maximum Gasteiger partial charge on any atom is 0.325 e. The monoisotopic (exact) mass is 777 g/mol. The van der Waals surface area contributed by atoms with E-state index in [2.05, 4.69) is 68.1 Å². The van der Waals surface area contributed by atoms with Crippen LogP contribution in [0.1, 0.15) is 84.0 Å². The molecule has 55 heavy (non-hydrogen) atoms. The number of hydrogen-bond donors (Lipinski definition) is 3. The third-order valence-electron chi connectivity index (χ3n) is 10.5. The molecule has 1 aliphatic heterocycles. The Morgan fingerprint density at radius 2 is 1.78 bits per heavy atom. The number of benzene rings is 1. The first kappa shape index (κ1) is 45.1. The van der Waals surface area contributed by atoms with Crippen molar-refractivity contribution in [2.75, 3.05) is 13.7 Å². The summed E-state index contributed by atoms with van der Waals surface area (Å²) < 4.78 is 17.8. The van der Waals surface area contributed by atoms with E-state index in [1.54, 1.807) is 44.5 Å². The summed E-state index contributed by atoms with van der Waals surface area (Å²) in [6.07, 6.45) is 7.10. The lowest BCUT2D eigenvalue weighted by atomic mass is 9.96. The van der Waals surface area contributed by atoms with Gasteiger partial charge in [0.05, 0.1) is 17.7 Å². The molecule has 0 unspecified atom stereocenters. The molecule has 1 fully saturated rings. The van der Waals surface area contributed by atoms with Gasteiger partial charge in [-0.25, -0.2) is 5.43 Å². The molecule has 0 radical (unpaired) electrons. The van der Waals surface area contributed by atoms with Crippen LogP contribution in [0.25, 0.3) is 6.08 Å². The summed E-state index contributed by atoms with van der Waals surface area (Å²) in [7, 11) is -0.606. The highest BCUT2D eigenvalue weighted by Crippen LogP contribution is 2.37. The summed E-state index contributed by atoms with van der Waals surface area (Å²) in [5.74, 6) is -1.86. The Kier molecular flexibility index (Phi) is 16.8. The normalized spacial score (nSPS) is 17.0. The molecule has 13 heteroatoms. The molecule has 1 aromatic heterocycles. The van der Waals surface area contributed by atoms with Gasteiger partial charge < -0.3 is 24.5 Å². The average Bonchev–Trinajstić information content (AvgIpc) is 3.14. The number of nitrogens with one attached hydrogen (secondary N) is 3. The number of methoxy groups -OCH3 is 1. The van der Waals surface area contributed by atoms with Crippen LogP contribution in [0.4, 0.5) is 0 Å². The molecule has 0 bridgehead atoms. The first-order chi connectivity index (χ1) is 25.9. The van der Waals surface area contributed by atoms with Gasteiger partial charge in [0.2, 0.25) is 20.1 Å². The van der Waals surface area contributed by atoms with Crippen LogP contribution >= 0.6 is 0 Å². The summed E-state index contributed by atoms with van der Waals surface area (Å²) in [5, 5.41) is 7.25. The molecule has 5 atom stereocenters. The largest absolute Gasteiger partial charge is 0.543 e. The number of carbonyl (C=O) groups excluding carboxylic acids is 4. The fraction of sp³-hybridized carbons (Fsp3) is 0.548. The number of pyridine rings is 1. The van der Waals surface area contributed by atoms with Gasteiger partial charge in [-0.2, -0.15) is 0 Å². The van der Waals surface area contributed by atoms with Crippen LogP contribution in [0.2, 0.25) is 18.1 Å². The Hall–Kier alpha value is -4.33. The van der Waals surface area contributed by atoms with Gasteiger partial charge in [0.15, 0.2) is 0 Å². The zero-order chi connectivity index (χ0) is 40.9. The highest BCUT2D eigenvalue weighted by atomic mass is 28.4. The zero-order valence-corrected chi connectivity index (χ0v) is 35.3. The Morgan fingerprint density at radius 1 is 1.05 bits per heavy atom. The second kappa shape index (κ2) is 20.5. The maximum atomic E-state index is 14.4. The van der Waals surface area contributed by atoms with E-state index in [1.165, 1.54) is 5.01 Å². The minimum atomic E-state index is -2.17. The predicted octanol–water partition coefficient (Wildman–Crippen LogP) is 6.13. The van der Waals surface area contributed by atoms with Crippen LogP contribution in [0, 0.1) is 11.8 Å².